The number of carbonyl (C=O) groups excluding carboxylic acids is 1. The number of hydrogen-bond donors (Lipinski definition) is 0. The lowest BCUT2D eigenvalue weighted by atomic mass is 10.0. The van der Waals surface area contributed by atoms with Gasteiger partial charge in [0.2, 0.25) is 0 Å². The van der Waals surface area contributed by atoms with Crippen molar-refractivity contribution < 1.29 is 22.7 Å². The fourth-order valence-electron chi connectivity index (χ4n) is 3.26. The molecule has 1 unspecified atom stereocenters. The highest BCUT2D eigenvalue weighted by Gasteiger charge is 2.29. The van der Waals surface area contributed by atoms with Gasteiger partial charge in [0, 0.05) is 16.6 Å². The number of alkyl halides is 3. The Balaban J connectivity index is 1.66. The van der Waals surface area contributed by atoms with Crippen molar-refractivity contribution in [2.45, 2.75) is 49.9 Å². The number of hydrogen-bond acceptors (Lipinski definition) is 3. The van der Waals surface area contributed by atoms with Crippen LogP contribution in [-0.4, -0.2) is 5.97 Å². The summed E-state index contributed by atoms with van der Waals surface area (Å²) in [6.07, 6.45) is -3.18. The Labute approximate surface area is 190 Å². The molecule has 0 radical (unpaired) electrons. The predicted molar refractivity (Wildman–Crippen MR) is 123 cm³/mol. The molecular weight excluding hydrogens is 433 g/mol. The summed E-state index contributed by atoms with van der Waals surface area (Å²) in [5.74, 6) is 0.360. The molecule has 2 nitrogen and oxygen atoms in total. The van der Waals surface area contributed by atoms with Crippen LogP contribution >= 0.6 is 11.8 Å². The molecule has 0 bridgehead atoms. The molecule has 0 saturated heterocycles. The minimum atomic E-state index is -4.33. The number of ether oxygens (including phenoxy) is 1. The minimum absolute atomic E-state index is 0.171. The quantitative estimate of drug-likeness (QED) is 0.203. The predicted octanol–water partition coefficient (Wildman–Crippen LogP) is 8.24. The molecule has 1 atom stereocenters. The third-order valence-electron chi connectivity index (χ3n) is 5.06. The Bertz CT molecular complexity index is 1060. The second-order valence-corrected chi connectivity index (χ2v) is 9.02. The van der Waals surface area contributed by atoms with Gasteiger partial charge in [-0.2, -0.15) is 13.2 Å². The molecule has 3 rings (SSSR count). The van der Waals surface area contributed by atoms with Crippen LogP contribution in [0.4, 0.5) is 13.2 Å². The Kier molecular flexibility index (Phi) is 7.67. The van der Waals surface area contributed by atoms with Crippen molar-refractivity contribution in [3.05, 3.63) is 83.4 Å². The van der Waals surface area contributed by atoms with E-state index in [2.05, 4.69) is 6.92 Å². The van der Waals surface area contributed by atoms with E-state index in [9.17, 15) is 18.0 Å². The van der Waals surface area contributed by atoms with Crippen LogP contribution in [0.3, 0.4) is 0 Å². The monoisotopic (exact) mass is 458 g/mol. The summed E-state index contributed by atoms with van der Waals surface area (Å²) in [6, 6.07) is 18.8. The zero-order valence-corrected chi connectivity index (χ0v) is 19.0. The number of esters is 1. The molecule has 0 fully saturated rings. The number of thioether (sulfide) groups is 1. The molecule has 32 heavy (non-hydrogen) atoms. The third kappa shape index (κ3) is 6.16. The first-order chi connectivity index (χ1) is 15.2. The molecule has 3 aromatic rings. The Morgan fingerprint density at radius 1 is 0.969 bits per heavy atom. The lowest BCUT2D eigenvalue weighted by molar-refractivity contribution is -0.137. The normalized spacial score (nSPS) is 12.4. The van der Waals surface area contributed by atoms with Crippen molar-refractivity contribution in [1.82, 2.24) is 0 Å². The fourth-order valence-corrected chi connectivity index (χ4v) is 4.35. The van der Waals surface area contributed by atoms with E-state index in [4.69, 9.17) is 4.74 Å². The van der Waals surface area contributed by atoms with Gasteiger partial charge in [-0.25, -0.2) is 0 Å². The van der Waals surface area contributed by atoms with Gasteiger partial charge in [-0.1, -0.05) is 43.3 Å². The van der Waals surface area contributed by atoms with Gasteiger partial charge < -0.3 is 4.74 Å². The maximum absolute atomic E-state index is 12.8. The molecule has 0 N–H and O–H groups in total. The molecule has 0 amide bonds. The van der Waals surface area contributed by atoms with E-state index >= 15 is 0 Å². The molecule has 168 valence electrons. The fraction of sp³-hybridized carbons (Fsp3) is 0.269. The molecule has 0 saturated carbocycles. The number of benzene rings is 3. The SMILES string of the molecule is CCCC(=O)Oc1ccc(SC(C)c2ccc(-c3ccc(C(F)(F)F)cc3)cc2)cc1C. The van der Waals surface area contributed by atoms with E-state index in [0.717, 1.165) is 45.7 Å². The van der Waals surface area contributed by atoms with Gasteiger partial charge in [0.05, 0.1) is 5.56 Å². The van der Waals surface area contributed by atoms with Gasteiger partial charge in [0.25, 0.3) is 0 Å². The summed E-state index contributed by atoms with van der Waals surface area (Å²) in [7, 11) is 0. The van der Waals surface area contributed by atoms with Crippen LogP contribution < -0.4 is 4.74 Å². The van der Waals surface area contributed by atoms with Crippen molar-refractivity contribution in [1.29, 1.82) is 0 Å². The highest BCUT2D eigenvalue weighted by Crippen LogP contribution is 2.37. The Hall–Kier alpha value is -2.73. The van der Waals surface area contributed by atoms with E-state index in [1.807, 2.05) is 56.3 Å². The van der Waals surface area contributed by atoms with Crippen LogP contribution in [0.5, 0.6) is 5.75 Å². The molecule has 0 heterocycles. The second-order valence-electron chi connectivity index (χ2n) is 7.61. The van der Waals surface area contributed by atoms with Gasteiger partial charge in [0.15, 0.2) is 0 Å². The second kappa shape index (κ2) is 10.3. The van der Waals surface area contributed by atoms with Gasteiger partial charge in [-0.3, -0.25) is 4.79 Å². The van der Waals surface area contributed by atoms with Crippen LogP contribution in [0.25, 0.3) is 11.1 Å². The standard InChI is InChI=1S/C26H25F3O2S/c1-4-5-25(30)31-24-15-14-23(16-17(24)2)32-18(3)19-6-8-20(9-7-19)21-10-12-22(13-11-21)26(27,28)29/h6-16,18H,4-5H2,1-3H3. The topological polar surface area (TPSA) is 26.3 Å². The van der Waals surface area contributed by atoms with E-state index < -0.39 is 11.7 Å². The molecule has 6 heteroatoms. The maximum Gasteiger partial charge on any atom is 0.416 e. The van der Waals surface area contributed by atoms with Crippen molar-refractivity contribution in [3.63, 3.8) is 0 Å². The number of aryl methyl sites for hydroxylation is 1. The Morgan fingerprint density at radius 2 is 1.56 bits per heavy atom. The van der Waals surface area contributed by atoms with E-state index in [1.54, 1.807) is 11.8 Å². The number of rotatable bonds is 7. The summed E-state index contributed by atoms with van der Waals surface area (Å²) in [5.41, 5.74) is 2.98. The molecule has 0 aliphatic carbocycles. The van der Waals surface area contributed by atoms with Gasteiger partial charge in [-0.15, -0.1) is 11.8 Å². The summed E-state index contributed by atoms with van der Waals surface area (Å²) >= 11 is 1.69. The largest absolute Gasteiger partial charge is 0.426 e. The maximum atomic E-state index is 12.8. The van der Waals surface area contributed by atoms with E-state index in [-0.39, 0.29) is 11.2 Å². The number of carbonyl (C=O) groups is 1. The first-order valence-electron chi connectivity index (χ1n) is 10.4. The van der Waals surface area contributed by atoms with Crippen molar-refractivity contribution in [3.8, 4) is 16.9 Å². The summed E-state index contributed by atoms with van der Waals surface area (Å²) < 4.78 is 43.7. The summed E-state index contributed by atoms with van der Waals surface area (Å²) in [4.78, 5) is 12.8. The van der Waals surface area contributed by atoms with E-state index in [1.165, 1.54) is 12.1 Å². The molecular formula is C26H25F3O2S. The van der Waals surface area contributed by atoms with Crippen LogP contribution in [0.15, 0.2) is 71.6 Å². The van der Waals surface area contributed by atoms with Crippen molar-refractivity contribution >= 4 is 17.7 Å². The average molecular weight is 459 g/mol. The highest BCUT2D eigenvalue weighted by molar-refractivity contribution is 7.99. The smallest absolute Gasteiger partial charge is 0.416 e. The molecule has 3 aromatic carbocycles. The lowest BCUT2D eigenvalue weighted by Crippen LogP contribution is -2.07. The van der Waals surface area contributed by atoms with Crippen molar-refractivity contribution in [2.24, 2.45) is 0 Å². The van der Waals surface area contributed by atoms with Crippen LogP contribution in [-0.2, 0) is 11.0 Å². The number of halogens is 3. The van der Waals surface area contributed by atoms with Crippen LogP contribution in [0.2, 0.25) is 0 Å². The molecule has 0 spiro atoms. The average Bonchev–Trinajstić information content (AvgIpc) is 2.75. The molecule has 0 aliphatic rings. The zero-order chi connectivity index (χ0) is 23.3. The van der Waals surface area contributed by atoms with Crippen LogP contribution in [0.1, 0.15) is 48.6 Å². The van der Waals surface area contributed by atoms with Gasteiger partial charge in [-0.05, 0) is 72.9 Å². The van der Waals surface area contributed by atoms with Gasteiger partial charge in [0.1, 0.15) is 5.75 Å². The van der Waals surface area contributed by atoms with Crippen molar-refractivity contribution in [2.75, 3.05) is 0 Å². The van der Waals surface area contributed by atoms with Gasteiger partial charge >= 0.3 is 12.1 Å². The zero-order valence-electron chi connectivity index (χ0n) is 18.2. The third-order valence-corrected chi connectivity index (χ3v) is 6.21. The first-order valence-corrected chi connectivity index (χ1v) is 11.3. The molecule has 0 aromatic heterocycles. The lowest BCUT2D eigenvalue weighted by Gasteiger charge is -2.14. The van der Waals surface area contributed by atoms with Crippen LogP contribution in [0, 0.1) is 6.92 Å². The summed E-state index contributed by atoms with van der Waals surface area (Å²) in [6.45, 7) is 5.95. The Morgan fingerprint density at radius 3 is 2.09 bits per heavy atom. The summed E-state index contributed by atoms with van der Waals surface area (Å²) in [5, 5.41) is 0.171. The minimum Gasteiger partial charge on any atom is -0.426 e. The molecule has 0 aliphatic heterocycles. The first kappa shape index (κ1) is 23.9. The highest BCUT2D eigenvalue weighted by atomic mass is 32.2. The van der Waals surface area contributed by atoms with E-state index in [0.29, 0.717) is 12.2 Å².